The van der Waals surface area contributed by atoms with Crippen molar-refractivity contribution in [2.45, 2.75) is 44.1 Å². The smallest absolute Gasteiger partial charge is 0.315 e. The van der Waals surface area contributed by atoms with Crippen LogP contribution in [0.2, 0.25) is 0 Å². The average Bonchev–Trinajstić information content (AvgIpc) is 2.79. The van der Waals surface area contributed by atoms with Crippen LogP contribution in [0.1, 0.15) is 36.9 Å². The molecule has 2 amide bonds. The van der Waals surface area contributed by atoms with Gasteiger partial charge in [0.2, 0.25) is 0 Å². The third-order valence-corrected chi connectivity index (χ3v) is 6.50. The fraction of sp³-hybridized carbons (Fsp3) is 0.500. The van der Waals surface area contributed by atoms with Gasteiger partial charge < -0.3 is 20.3 Å². The van der Waals surface area contributed by atoms with Crippen LogP contribution in [-0.2, 0) is 10.2 Å². The molecule has 0 spiro atoms. The van der Waals surface area contributed by atoms with E-state index in [1.807, 2.05) is 31.2 Å². The summed E-state index contributed by atoms with van der Waals surface area (Å²) in [6, 6.07) is 12.8. The molecule has 1 aromatic carbocycles. The molecular formula is C24H31FN4O2. The Labute approximate surface area is 183 Å². The minimum Gasteiger partial charge on any atom is -0.381 e. The first-order valence-corrected chi connectivity index (χ1v) is 11.1. The summed E-state index contributed by atoms with van der Waals surface area (Å²) >= 11 is 0. The molecule has 0 saturated carbocycles. The molecule has 2 aromatic rings. The van der Waals surface area contributed by atoms with E-state index in [2.05, 4.69) is 20.5 Å². The van der Waals surface area contributed by atoms with E-state index < -0.39 is 0 Å². The molecule has 2 aliphatic heterocycles. The van der Waals surface area contributed by atoms with Crippen LogP contribution in [0.25, 0.3) is 0 Å². The van der Waals surface area contributed by atoms with Crippen molar-refractivity contribution in [3.8, 4) is 0 Å². The normalized spacial score (nSPS) is 19.1. The lowest BCUT2D eigenvalue weighted by Crippen LogP contribution is -2.51. The molecule has 3 heterocycles. The Morgan fingerprint density at radius 2 is 1.94 bits per heavy atom. The first kappa shape index (κ1) is 21.6. The molecule has 2 saturated heterocycles. The number of aromatic nitrogens is 1. The maximum Gasteiger partial charge on any atom is 0.315 e. The number of hydrogen-bond donors (Lipinski definition) is 2. The lowest BCUT2D eigenvalue weighted by molar-refractivity contribution is 0.0505. The zero-order valence-corrected chi connectivity index (χ0v) is 18.1. The number of hydrogen-bond acceptors (Lipinski definition) is 4. The van der Waals surface area contributed by atoms with Gasteiger partial charge in [-0.15, -0.1) is 0 Å². The number of halogens is 1. The van der Waals surface area contributed by atoms with Crippen LogP contribution in [0, 0.1) is 12.7 Å². The predicted octanol–water partition coefficient (Wildman–Crippen LogP) is 3.55. The summed E-state index contributed by atoms with van der Waals surface area (Å²) in [5, 5.41) is 6.17. The van der Waals surface area contributed by atoms with E-state index in [9.17, 15) is 9.18 Å². The Balaban J connectivity index is 1.30. The zero-order valence-electron chi connectivity index (χ0n) is 18.1. The lowest BCUT2D eigenvalue weighted by atomic mass is 9.74. The summed E-state index contributed by atoms with van der Waals surface area (Å²) in [7, 11) is 0. The fourth-order valence-electron chi connectivity index (χ4n) is 4.59. The molecule has 1 aromatic heterocycles. The largest absolute Gasteiger partial charge is 0.381 e. The van der Waals surface area contributed by atoms with Gasteiger partial charge >= 0.3 is 6.03 Å². The van der Waals surface area contributed by atoms with Gasteiger partial charge in [-0.05, 0) is 62.4 Å². The number of aryl methyl sites for hydroxylation is 1. The quantitative estimate of drug-likeness (QED) is 0.768. The standard InChI is InChI=1S/C24H31FN4O2/c1-18-4-2-7-22(27-18)29-12-8-21(9-13-29)28-23(30)26-17-24(10-14-31-15-11-24)19-5-3-6-20(25)16-19/h2-7,16,21H,8-15,17H2,1H3,(H2,26,28,30). The highest BCUT2D eigenvalue weighted by atomic mass is 19.1. The Bertz CT molecular complexity index is 893. The van der Waals surface area contributed by atoms with E-state index in [1.165, 1.54) is 6.07 Å². The molecule has 6 nitrogen and oxygen atoms in total. The van der Waals surface area contributed by atoms with E-state index >= 15 is 0 Å². The second-order valence-corrected chi connectivity index (χ2v) is 8.63. The molecule has 7 heteroatoms. The topological polar surface area (TPSA) is 66.5 Å². The number of pyridine rings is 1. The number of nitrogens with zero attached hydrogens (tertiary/aromatic N) is 2. The third-order valence-electron chi connectivity index (χ3n) is 6.50. The number of carbonyl (C=O) groups is 1. The van der Waals surface area contributed by atoms with Crippen molar-refractivity contribution in [2.75, 3.05) is 37.7 Å². The van der Waals surface area contributed by atoms with Crippen molar-refractivity contribution in [1.82, 2.24) is 15.6 Å². The second-order valence-electron chi connectivity index (χ2n) is 8.63. The number of benzene rings is 1. The number of ether oxygens (including phenoxy) is 1. The highest BCUT2D eigenvalue weighted by Crippen LogP contribution is 2.34. The molecule has 31 heavy (non-hydrogen) atoms. The van der Waals surface area contributed by atoms with Crippen LogP contribution in [0.4, 0.5) is 15.0 Å². The first-order chi connectivity index (χ1) is 15.0. The third kappa shape index (κ3) is 5.34. The summed E-state index contributed by atoms with van der Waals surface area (Å²) in [5.74, 6) is 0.752. The first-order valence-electron chi connectivity index (χ1n) is 11.1. The van der Waals surface area contributed by atoms with Crippen molar-refractivity contribution in [2.24, 2.45) is 0 Å². The van der Waals surface area contributed by atoms with Crippen LogP contribution in [-0.4, -0.2) is 49.9 Å². The van der Waals surface area contributed by atoms with E-state index in [1.54, 1.807) is 12.1 Å². The van der Waals surface area contributed by atoms with E-state index in [-0.39, 0.29) is 23.3 Å². The Kier molecular flexibility index (Phi) is 6.70. The van der Waals surface area contributed by atoms with Crippen molar-refractivity contribution in [3.63, 3.8) is 0 Å². The molecule has 2 N–H and O–H groups in total. The summed E-state index contributed by atoms with van der Waals surface area (Å²) in [6.07, 6.45) is 3.29. The Morgan fingerprint density at radius 3 is 2.65 bits per heavy atom. The van der Waals surface area contributed by atoms with Crippen molar-refractivity contribution in [3.05, 3.63) is 59.5 Å². The Morgan fingerprint density at radius 1 is 1.19 bits per heavy atom. The molecule has 0 bridgehead atoms. The van der Waals surface area contributed by atoms with Crippen LogP contribution in [0.15, 0.2) is 42.5 Å². The number of amides is 2. The number of rotatable bonds is 5. The van der Waals surface area contributed by atoms with Gasteiger partial charge in [0.15, 0.2) is 0 Å². The molecule has 166 valence electrons. The molecule has 0 unspecified atom stereocenters. The minimum absolute atomic E-state index is 0.140. The second kappa shape index (κ2) is 9.64. The molecular weight excluding hydrogens is 395 g/mol. The number of urea groups is 1. The van der Waals surface area contributed by atoms with Crippen LogP contribution >= 0.6 is 0 Å². The monoisotopic (exact) mass is 426 g/mol. The maximum atomic E-state index is 13.8. The molecule has 2 aliphatic rings. The van der Waals surface area contributed by atoms with E-state index in [0.29, 0.717) is 19.8 Å². The van der Waals surface area contributed by atoms with Gasteiger partial charge in [-0.25, -0.2) is 14.2 Å². The van der Waals surface area contributed by atoms with E-state index in [4.69, 9.17) is 4.74 Å². The molecule has 0 aliphatic carbocycles. The zero-order chi connectivity index (χ0) is 21.7. The lowest BCUT2D eigenvalue weighted by Gasteiger charge is -2.38. The number of anilines is 1. The van der Waals surface area contributed by atoms with Gasteiger partial charge in [0.25, 0.3) is 0 Å². The number of carbonyl (C=O) groups excluding carboxylic acids is 1. The van der Waals surface area contributed by atoms with Crippen LogP contribution in [0.5, 0.6) is 0 Å². The average molecular weight is 427 g/mol. The van der Waals surface area contributed by atoms with Crippen LogP contribution in [0.3, 0.4) is 0 Å². The molecule has 2 fully saturated rings. The van der Waals surface area contributed by atoms with Gasteiger partial charge in [-0.2, -0.15) is 0 Å². The highest BCUT2D eigenvalue weighted by molar-refractivity contribution is 5.74. The maximum absolute atomic E-state index is 13.8. The number of piperidine rings is 1. The molecule has 4 rings (SSSR count). The fourth-order valence-corrected chi connectivity index (χ4v) is 4.59. The number of nitrogens with one attached hydrogen (secondary N) is 2. The van der Waals surface area contributed by atoms with Gasteiger partial charge in [0.05, 0.1) is 0 Å². The Hall–Kier alpha value is -2.67. The summed E-state index contributed by atoms with van der Waals surface area (Å²) in [5.41, 5.74) is 1.64. The summed E-state index contributed by atoms with van der Waals surface area (Å²) in [4.78, 5) is 19.5. The van der Waals surface area contributed by atoms with Crippen LogP contribution < -0.4 is 15.5 Å². The van der Waals surface area contributed by atoms with E-state index in [0.717, 1.165) is 55.8 Å². The summed E-state index contributed by atoms with van der Waals surface area (Å²) in [6.45, 7) is 5.43. The van der Waals surface area contributed by atoms with Gasteiger partial charge in [-0.3, -0.25) is 0 Å². The van der Waals surface area contributed by atoms with Gasteiger partial charge in [0.1, 0.15) is 11.6 Å². The molecule has 0 atom stereocenters. The minimum atomic E-state index is -0.294. The van der Waals surface area contributed by atoms with Crippen molar-refractivity contribution < 1.29 is 13.9 Å². The van der Waals surface area contributed by atoms with Crippen molar-refractivity contribution in [1.29, 1.82) is 0 Å². The SMILES string of the molecule is Cc1cccc(N2CCC(NC(=O)NCC3(c4cccc(F)c4)CCOCC3)CC2)n1. The van der Waals surface area contributed by atoms with Gasteiger partial charge in [0, 0.05) is 50.0 Å². The van der Waals surface area contributed by atoms with Crippen molar-refractivity contribution >= 4 is 11.8 Å². The highest BCUT2D eigenvalue weighted by Gasteiger charge is 2.35. The van der Waals surface area contributed by atoms with Gasteiger partial charge in [-0.1, -0.05) is 18.2 Å². The molecule has 0 radical (unpaired) electrons. The summed E-state index contributed by atoms with van der Waals surface area (Å²) < 4.78 is 19.4. The predicted molar refractivity (Wildman–Crippen MR) is 119 cm³/mol.